The van der Waals surface area contributed by atoms with E-state index >= 15 is 0 Å². The van der Waals surface area contributed by atoms with Crippen molar-refractivity contribution in [3.63, 3.8) is 0 Å². The van der Waals surface area contributed by atoms with Gasteiger partial charge in [-0.1, -0.05) is 176 Å². The van der Waals surface area contributed by atoms with Gasteiger partial charge in [0.15, 0.2) is 0 Å². The van der Waals surface area contributed by atoms with Gasteiger partial charge >= 0.3 is 0 Å². The second-order valence-electron chi connectivity index (χ2n) is 15.7. The highest BCUT2D eigenvalue weighted by Gasteiger charge is 2.52. The number of fused-ring (bicyclic) bond motifs is 11. The molecule has 10 aromatic rings. The highest BCUT2D eigenvalue weighted by atomic mass is 15.1. The summed E-state index contributed by atoms with van der Waals surface area (Å²) < 4.78 is 44.2. The summed E-state index contributed by atoms with van der Waals surface area (Å²) in [5, 5.41) is 2.32. The van der Waals surface area contributed by atoms with Crippen molar-refractivity contribution in [2.75, 3.05) is 9.80 Å². The van der Waals surface area contributed by atoms with E-state index in [2.05, 4.69) is 181 Å². The molecule has 0 heterocycles. The van der Waals surface area contributed by atoms with Crippen molar-refractivity contribution in [1.82, 2.24) is 0 Å². The molecule has 1 spiro atoms. The number of benzene rings is 10. The Balaban J connectivity index is 1.14. The lowest BCUT2D eigenvalue weighted by atomic mass is 9.70. The minimum atomic E-state index is -0.778. The summed E-state index contributed by atoms with van der Waals surface area (Å²) in [5.41, 5.74) is 15.0. The van der Waals surface area contributed by atoms with Gasteiger partial charge < -0.3 is 9.80 Å². The molecule has 0 bridgehead atoms. The summed E-state index contributed by atoms with van der Waals surface area (Å²) in [5.74, 6) is 0. The molecule has 0 amide bonds. The molecule has 12 rings (SSSR count). The Morgan fingerprint density at radius 3 is 1.48 bits per heavy atom. The molecule has 10 aromatic carbocycles. The summed E-state index contributed by atoms with van der Waals surface area (Å²) >= 11 is 0. The SMILES string of the molecule is [2H]c1c([2H])c([2H])c(N(c2ccccc2)c2ccc3c(c2)C2(c4ccccc4-c4ccc(N(c5ccc6ccccc6c5)c5ccccc5-c5ccccc5)cc42)c2ccccc2-3)c([2H])c1[2H]. The predicted octanol–water partition coefficient (Wildman–Crippen LogP) is 15.8. The van der Waals surface area contributed by atoms with E-state index in [-0.39, 0.29) is 29.9 Å². The average Bonchev–Trinajstić information content (AvgIpc) is 3.84. The van der Waals surface area contributed by atoms with Gasteiger partial charge in [-0.05, 0) is 128 Å². The van der Waals surface area contributed by atoms with Crippen LogP contribution in [0.25, 0.3) is 44.2 Å². The zero-order valence-electron chi connectivity index (χ0n) is 38.1. The second-order valence-corrected chi connectivity index (χ2v) is 15.7. The van der Waals surface area contributed by atoms with Gasteiger partial charge in [0.05, 0.1) is 18.0 Å². The van der Waals surface area contributed by atoms with Crippen molar-refractivity contribution in [2.24, 2.45) is 0 Å². The molecule has 0 saturated carbocycles. The third kappa shape index (κ3) is 5.43. The second kappa shape index (κ2) is 14.1. The molecule has 0 radical (unpaired) electrons. The molecule has 2 aliphatic rings. The Morgan fingerprint density at radius 2 is 0.803 bits per heavy atom. The van der Waals surface area contributed by atoms with Gasteiger partial charge in [-0.3, -0.25) is 0 Å². The lowest BCUT2D eigenvalue weighted by molar-refractivity contribution is 0.793. The summed E-state index contributed by atoms with van der Waals surface area (Å²) in [4.78, 5) is 4.21. The van der Waals surface area contributed by atoms with Crippen LogP contribution >= 0.6 is 0 Å². The van der Waals surface area contributed by atoms with Crippen LogP contribution in [0.1, 0.15) is 29.1 Å². The molecule has 0 aliphatic heterocycles. The van der Waals surface area contributed by atoms with E-state index in [4.69, 9.17) is 4.11 Å². The van der Waals surface area contributed by atoms with Crippen LogP contribution in [0.2, 0.25) is 0 Å². The highest BCUT2D eigenvalue weighted by Crippen LogP contribution is 2.64. The molecular formula is C59H40N2. The molecule has 1 atom stereocenters. The van der Waals surface area contributed by atoms with Crippen molar-refractivity contribution in [1.29, 1.82) is 0 Å². The first kappa shape index (κ1) is 30.2. The Hall–Kier alpha value is -7.94. The van der Waals surface area contributed by atoms with Crippen molar-refractivity contribution >= 4 is 44.9 Å². The Kier molecular flexibility index (Phi) is 6.98. The molecule has 286 valence electrons. The van der Waals surface area contributed by atoms with Gasteiger partial charge in [-0.15, -0.1) is 0 Å². The van der Waals surface area contributed by atoms with E-state index in [1.807, 2.05) is 41.3 Å². The van der Waals surface area contributed by atoms with Crippen LogP contribution in [0.4, 0.5) is 34.1 Å². The predicted molar refractivity (Wildman–Crippen MR) is 255 cm³/mol. The third-order valence-corrected chi connectivity index (χ3v) is 12.5. The van der Waals surface area contributed by atoms with E-state index in [0.29, 0.717) is 11.4 Å². The van der Waals surface area contributed by atoms with Crippen molar-refractivity contribution in [2.45, 2.75) is 5.41 Å². The molecule has 2 aliphatic carbocycles. The zero-order valence-corrected chi connectivity index (χ0v) is 33.1. The maximum atomic E-state index is 9.18. The van der Waals surface area contributed by atoms with Crippen molar-refractivity contribution in [3.05, 3.63) is 265 Å². The van der Waals surface area contributed by atoms with Gasteiger partial charge in [0, 0.05) is 34.0 Å². The summed E-state index contributed by atoms with van der Waals surface area (Å²) in [7, 11) is 0. The van der Waals surface area contributed by atoms with Gasteiger partial charge in [-0.2, -0.15) is 0 Å². The number of hydrogen-bond acceptors (Lipinski definition) is 2. The fraction of sp³-hybridized carbons (Fsp3) is 0.0169. The van der Waals surface area contributed by atoms with E-state index in [9.17, 15) is 2.74 Å². The topological polar surface area (TPSA) is 6.48 Å². The van der Waals surface area contributed by atoms with Gasteiger partial charge in [0.25, 0.3) is 0 Å². The van der Waals surface area contributed by atoms with Crippen LogP contribution < -0.4 is 9.80 Å². The van der Waals surface area contributed by atoms with Gasteiger partial charge in [0.1, 0.15) is 0 Å². The highest BCUT2D eigenvalue weighted by molar-refractivity contribution is 5.99. The van der Waals surface area contributed by atoms with E-state index in [1.54, 1.807) is 0 Å². The van der Waals surface area contributed by atoms with E-state index < -0.39 is 11.5 Å². The largest absolute Gasteiger partial charge is 0.310 e. The molecular weight excluding hydrogens is 737 g/mol. The number of nitrogens with zero attached hydrogens (tertiary/aromatic N) is 2. The van der Waals surface area contributed by atoms with Crippen molar-refractivity contribution < 1.29 is 6.85 Å². The molecule has 61 heavy (non-hydrogen) atoms. The van der Waals surface area contributed by atoms with Gasteiger partial charge in [-0.25, -0.2) is 0 Å². The third-order valence-electron chi connectivity index (χ3n) is 12.5. The first-order chi connectivity index (χ1) is 32.3. The number of rotatable bonds is 7. The monoisotopic (exact) mass is 781 g/mol. The van der Waals surface area contributed by atoms with E-state index in [1.165, 1.54) is 5.39 Å². The van der Waals surface area contributed by atoms with Gasteiger partial charge in [0.2, 0.25) is 0 Å². The summed E-state index contributed by atoms with van der Waals surface area (Å²) in [6.45, 7) is 0. The van der Waals surface area contributed by atoms with Crippen LogP contribution in [-0.2, 0) is 5.41 Å². The Labute approximate surface area is 363 Å². The molecule has 0 aromatic heterocycles. The minimum Gasteiger partial charge on any atom is -0.310 e. The van der Waals surface area contributed by atoms with Crippen LogP contribution in [0.5, 0.6) is 0 Å². The van der Waals surface area contributed by atoms with Crippen LogP contribution in [0, 0.1) is 0 Å². The lowest BCUT2D eigenvalue weighted by Gasteiger charge is -2.33. The zero-order chi connectivity index (χ0) is 44.7. The smallest absolute Gasteiger partial charge is 0.0727 e. The fourth-order valence-corrected chi connectivity index (χ4v) is 10.0. The maximum Gasteiger partial charge on any atom is 0.0727 e. The molecule has 2 heteroatoms. The molecule has 1 unspecified atom stereocenters. The Morgan fingerprint density at radius 1 is 0.311 bits per heavy atom. The van der Waals surface area contributed by atoms with Crippen molar-refractivity contribution in [3.8, 4) is 33.4 Å². The summed E-state index contributed by atoms with van der Waals surface area (Å²) in [6.07, 6.45) is 0. The minimum absolute atomic E-state index is 0.0920. The normalized spacial score (nSPS) is 15.4. The standard InChI is InChI=1S/C59H40N2/c1-4-19-42(20-5-1)49-26-14-17-31-58(49)61(46-33-32-41-18-10-11-21-43(41)38-46)48-35-37-53-51-28-13-16-30-55(51)59(57(53)40-48)54-29-15-12-27-50(54)52-36-34-47(39-56(52)59)60(44-22-6-2-7-23-44)45-24-8-3-9-25-45/h1-40H/i2D,6D,7D,22D,23D. The number of para-hydroxylation sites is 3. The molecule has 0 N–H and O–H groups in total. The number of hydrogen-bond donors (Lipinski definition) is 0. The number of anilines is 6. The van der Waals surface area contributed by atoms with E-state index in [0.717, 1.165) is 78.1 Å². The summed E-state index contributed by atoms with van der Waals surface area (Å²) in [6, 6.07) is 72.8. The Bertz CT molecular complexity index is 3530. The first-order valence-electron chi connectivity index (χ1n) is 23.2. The van der Waals surface area contributed by atoms with Crippen LogP contribution in [0.15, 0.2) is 243 Å². The maximum absolute atomic E-state index is 9.18. The fourth-order valence-electron chi connectivity index (χ4n) is 10.0. The lowest BCUT2D eigenvalue weighted by Crippen LogP contribution is -2.26. The molecule has 2 nitrogen and oxygen atoms in total. The molecule has 0 fully saturated rings. The van der Waals surface area contributed by atoms with Crippen LogP contribution in [-0.4, -0.2) is 0 Å². The average molecular weight is 782 g/mol. The van der Waals surface area contributed by atoms with Crippen LogP contribution in [0.3, 0.4) is 0 Å². The molecule has 0 saturated heterocycles. The first-order valence-corrected chi connectivity index (χ1v) is 20.7. The quantitative estimate of drug-likeness (QED) is 0.159.